The fourth-order valence-electron chi connectivity index (χ4n) is 2.04. The quantitative estimate of drug-likeness (QED) is 0.503. The summed E-state index contributed by atoms with van der Waals surface area (Å²) in [5.41, 5.74) is 0. The molecule has 0 aromatic rings. The molecule has 1 heterocycles. The molecule has 0 N–H and O–H groups in total. The van der Waals surface area contributed by atoms with E-state index >= 15 is 0 Å². The maximum absolute atomic E-state index is 11.6. The highest BCUT2D eigenvalue weighted by Crippen LogP contribution is 2.24. The zero-order valence-corrected chi connectivity index (χ0v) is 10.9. The van der Waals surface area contributed by atoms with Gasteiger partial charge in [0.1, 0.15) is 11.6 Å². The molecule has 18 heavy (non-hydrogen) atoms. The smallest absolute Gasteiger partial charge is 0.234 e. The van der Waals surface area contributed by atoms with E-state index in [0.717, 1.165) is 0 Å². The lowest BCUT2D eigenvalue weighted by Gasteiger charge is -2.36. The van der Waals surface area contributed by atoms with Crippen molar-refractivity contribution in [2.45, 2.75) is 46.0 Å². The molecule has 1 fully saturated rings. The van der Waals surface area contributed by atoms with Crippen LogP contribution in [0.15, 0.2) is 0 Å². The van der Waals surface area contributed by atoms with Gasteiger partial charge in [0, 0.05) is 19.4 Å². The topological polar surface area (TPSA) is 71.5 Å². The fourth-order valence-corrected chi connectivity index (χ4v) is 2.04. The van der Waals surface area contributed by atoms with Crippen LogP contribution < -0.4 is 0 Å². The summed E-state index contributed by atoms with van der Waals surface area (Å²) in [5, 5.41) is 0. The summed E-state index contributed by atoms with van der Waals surface area (Å²) in [7, 11) is 0. The van der Waals surface area contributed by atoms with Crippen LogP contribution in [-0.4, -0.2) is 34.8 Å². The number of nitrogens with zero attached hydrogens (tertiary/aromatic N) is 1. The Hall–Kier alpha value is -1.52. The molecule has 0 spiro atoms. The van der Waals surface area contributed by atoms with Crippen LogP contribution in [0.4, 0.5) is 0 Å². The molecule has 100 valence electrons. The number of Topliss-reactive ketones (excluding diaryl/α,β-unsaturated/α-hetero) is 2. The molecule has 0 radical (unpaired) electrons. The van der Waals surface area contributed by atoms with Gasteiger partial charge in [-0.3, -0.25) is 24.1 Å². The van der Waals surface area contributed by atoms with Gasteiger partial charge in [-0.1, -0.05) is 6.92 Å². The summed E-state index contributed by atoms with van der Waals surface area (Å²) in [6.45, 7) is 3.59. The highest BCUT2D eigenvalue weighted by Gasteiger charge is 2.39. The molecule has 0 saturated carbocycles. The van der Waals surface area contributed by atoms with E-state index in [2.05, 4.69) is 0 Å². The summed E-state index contributed by atoms with van der Waals surface area (Å²) in [4.78, 5) is 46.1. The number of imide groups is 1. The van der Waals surface area contributed by atoms with Gasteiger partial charge in [-0.2, -0.15) is 0 Å². The monoisotopic (exact) mass is 253 g/mol. The highest BCUT2D eigenvalue weighted by molar-refractivity contribution is 6.01. The maximum atomic E-state index is 11.6. The van der Waals surface area contributed by atoms with Crippen molar-refractivity contribution in [3.63, 3.8) is 0 Å². The second-order valence-electron chi connectivity index (χ2n) is 4.70. The second kappa shape index (κ2) is 6.42. The Morgan fingerprint density at radius 3 is 2.50 bits per heavy atom. The Morgan fingerprint density at radius 1 is 1.33 bits per heavy atom. The SMILES string of the molecule is CCC(=O)N1CC(CCCC(=O)CC(C)=O)C1=O. The number of carbonyl (C=O) groups excluding carboxylic acids is 4. The highest BCUT2D eigenvalue weighted by atomic mass is 16.2. The van der Waals surface area contributed by atoms with Crippen LogP contribution in [0.2, 0.25) is 0 Å². The Balaban J connectivity index is 2.19. The molecule has 0 aliphatic carbocycles. The minimum atomic E-state index is -0.135. The minimum absolute atomic E-state index is 0.0148. The van der Waals surface area contributed by atoms with Crippen molar-refractivity contribution in [2.75, 3.05) is 6.54 Å². The zero-order valence-electron chi connectivity index (χ0n) is 10.9. The molecule has 1 aliphatic rings. The first-order valence-electron chi connectivity index (χ1n) is 6.31. The van der Waals surface area contributed by atoms with Gasteiger partial charge in [-0.25, -0.2) is 0 Å². The van der Waals surface area contributed by atoms with E-state index < -0.39 is 0 Å². The number of ketones is 2. The first-order valence-corrected chi connectivity index (χ1v) is 6.31. The lowest BCUT2D eigenvalue weighted by atomic mass is 9.91. The van der Waals surface area contributed by atoms with Crippen molar-refractivity contribution >= 4 is 23.4 Å². The van der Waals surface area contributed by atoms with Gasteiger partial charge < -0.3 is 0 Å². The predicted octanol–water partition coefficient (Wildman–Crippen LogP) is 1.10. The molecule has 1 saturated heterocycles. The van der Waals surface area contributed by atoms with Crippen molar-refractivity contribution in [3.8, 4) is 0 Å². The molecular formula is C13H19NO4. The van der Waals surface area contributed by atoms with Crippen molar-refractivity contribution < 1.29 is 19.2 Å². The fraction of sp³-hybridized carbons (Fsp3) is 0.692. The van der Waals surface area contributed by atoms with E-state index in [1.54, 1.807) is 6.92 Å². The van der Waals surface area contributed by atoms with Gasteiger partial charge in [0.05, 0.1) is 12.3 Å². The number of likely N-dealkylation sites (tertiary alicyclic amines) is 1. The van der Waals surface area contributed by atoms with Crippen LogP contribution in [0, 0.1) is 5.92 Å². The molecule has 1 atom stereocenters. The molecule has 2 amide bonds. The van der Waals surface area contributed by atoms with E-state index in [-0.39, 0.29) is 35.7 Å². The molecule has 1 unspecified atom stereocenters. The van der Waals surface area contributed by atoms with Gasteiger partial charge in [-0.05, 0) is 19.8 Å². The van der Waals surface area contributed by atoms with E-state index in [9.17, 15) is 19.2 Å². The van der Waals surface area contributed by atoms with E-state index in [1.807, 2.05) is 0 Å². The van der Waals surface area contributed by atoms with Crippen molar-refractivity contribution in [2.24, 2.45) is 5.92 Å². The normalized spacial score (nSPS) is 18.4. The van der Waals surface area contributed by atoms with E-state index in [1.165, 1.54) is 11.8 Å². The van der Waals surface area contributed by atoms with Gasteiger partial charge in [0.2, 0.25) is 11.8 Å². The lowest BCUT2D eigenvalue weighted by Crippen LogP contribution is -2.55. The molecule has 1 aliphatic heterocycles. The largest absolute Gasteiger partial charge is 0.300 e. The summed E-state index contributed by atoms with van der Waals surface area (Å²) in [6, 6.07) is 0. The summed E-state index contributed by atoms with van der Waals surface area (Å²) in [5.74, 6) is -0.578. The molecular weight excluding hydrogens is 234 g/mol. The van der Waals surface area contributed by atoms with E-state index in [0.29, 0.717) is 32.2 Å². The standard InChI is InChI=1S/C13H19NO4/c1-3-12(17)14-8-10(13(14)18)5-4-6-11(16)7-9(2)15/h10H,3-8H2,1-2H3. The summed E-state index contributed by atoms with van der Waals surface area (Å²) in [6.07, 6.45) is 1.90. The number of hydrogen-bond acceptors (Lipinski definition) is 4. The average Bonchev–Trinajstić information content (AvgIpc) is 2.30. The number of β-lactam (4-membered cyclic amide) rings is 1. The third kappa shape index (κ3) is 3.75. The third-order valence-electron chi connectivity index (χ3n) is 3.08. The Bertz CT molecular complexity index is 375. The Morgan fingerprint density at radius 2 is 2.00 bits per heavy atom. The first kappa shape index (κ1) is 14.5. The number of hydrogen-bond donors (Lipinski definition) is 0. The lowest BCUT2D eigenvalue weighted by molar-refractivity contribution is -0.159. The van der Waals surface area contributed by atoms with Gasteiger partial charge >= 0.3 is 0 Å². The molecule has 0 aromatic heterocycles. The number of rotatable bonds is 7. The first-order chi connectivity index (χ1) is 8.45. The van der Waals surface area contributed by atoms with Crippen LogP contribution in [0.1, 0.15) is 46.0 Å². The predicted molar refractivity (Wildman–Crippen MR) is 64.7 cm³/mol. The maximum Gasteiger partial charge on any atom is 0.234 e. The van der Waals surface area contributed by atoms with Crippen LogP contribution >= 0.6 is 0 Å². The summed E-state index contributed by atoms with van der Waals surface area (Å²) < 4.78 is 0. The third-order valence-corrected chi connectivity index (χ3v) is 3.08. The molecule has 5 heteroatoms. The molecule has 0 bridgehead atoms. The molecule has 5 nitrogen and oxygen atoms in total. The minimum Gasteiger partial charge on any atom is -0.300 e. The van der Waals surface area contributed by atoms with Crippen molar-refractivity contribution in [1.29, 1.82) is 0 Å². The molecule has 1 rings (SSSR count). The van der Waals surface area contributed by atoms with E-state index in [4.69, 9.17) is 0 Å². The van der Waals surface area contributed by atoms with Crippen LogP contribution in [0.25, 0.3) is 0 Å². The Labute approximate surface area is 107 Å². The summed E-state index contributed by atoms with van der Waals surface area (Å²) >= 11 is 0. The second-order valence-corrected chi connectivity index (χ2v) is 4.70. The zero-order chi connectivity index (χ0) is 13.7. The van der Waals surface area contributed by atoms with Crippen LogP contribution in [-0.2, 0) is 19.2 Å². The van der Waals surface area contributed by atoms with Crippen LogP contribution in [0.3, 0.4) is 0 Å². The van der Waals surface area contributed by atoms with Gasteiger partial charge in [-0.15, -0.1) is 0 Å². The van der Waals surface area contributed by atoms with Crippen LogP contribution in [0.5, 0.6) is 0 Å². The van der Waals surface area contributed by atoms with Gasteiger partial charge in [0.15, 0.2) is 0 Å². The Kier molecular flexibility index (Phi) is 5.19. The average molecular weight is 253 g/mol. The number of carbonyl (C=O) groups is 4. The van der Waals surface area contributed by atoms with Gasteiger partial charge in [0.25, 0.3) is 0 Å². The molecule has 0 aromatic carbocycles. The van der Waals surface area contributed by atoms with Crippen molar-refractivity contribution in [3.05, 3.63) is 0 Å². The van der Waals surface area contributed by atoms with Crippen molar-refractivity contribution in [1.82, 2.24) is 4.90 Å². The number of amides is 2.